The van der Waals surface area contributed by atoms with E-state index in [9.17, 15) is 4.79 Å². The van der Waals surface area contributed by atoms with Crippen molar-refractivity contribution in [1.82, 2.24) is 0 Å². The molecule has 0 radical (unpaired) electrons. The Morgan fingerprint density at radius 2 is 2.12 bits per heavy atom. The van der Waals surface area contributed by atoms with Crippen molar-refractivity contribution in [3.63, 3.8) is 0 Å². The Labute approximate surface area is 95.4 Å². The van der Waals surface area contributed by atoms with Gasteiger partial charge in [-0.25, -0.2) is 0 Å². The number of hydrogen-bond donors (Lipinski definition) is 1. The minimum Gasteiger partial charge on any atom is -0.481 e. The molecule has 0 heterocycles. The molecule has 0 saturated heterocycles. The monoisotopic (exact) mass is 220 g/mol. The second kappa shape index (κ2) is 6.80. The van der Waals surface area contributed by atoms with Gasteiger partial charge >= 0.3 is 5.97 Å². The number of rotatable bonds is 6. The van der Waals surface area contributed by atoms with Crippen LogP contribution in [0.15, 0.2) is 36.4 Å². The Kier molecular flexibility index (Phi) is 5.29. The predicted molar refractivity (Wildman–Crippen MR) is 63.1 cm³/mol. The van der Waals surface area contributed by atoms with Crippen LogP contribution in [-0.4, -0.2) is 24.3 Å². The quantitative estimate of drug-likeness (QED) is 0.749. The first-order valence-electron chi connectivity index (χ1n) is 5.22. The van der Waals surface area contributed by atoms with E-state index in [-0.39, 0.29) is 6.61 Å². The second-order valence-corrected chi connectivity index (χ2v) is 3.59. The van der Waals surface area contributed by atoms with Gasteiger partial charge in [-0.05, 0) is 12.5 Å². The van der Waals surface area contributed by atoms with E-state index in [2.05, 4.69) is 0 Å². The fraction of sp³-hybridized carbons (Fsp3) is 0.308. The third kappa shape index (κ3) is 4.75. The summed E-state index contributed by atoms with van der Waals surface area (Å²) in [6, 6.07) is 9.88. The smallest absolute Gasteiger partial charge is 0.308 e. The number of carboxylic acids is 1. The lowest BCUT2D eigenvalue weighted by molar-refractivity contribution is -0.142. The van der Waals surface area contributed by atoms with Gasteiger partial charge in [0.2, 0.25) is 0 Å². The summed E-state index contributed by atoms with van der Waals surface area (Å²) in [6.07, 6.45) is 3.83. The first kappa shape index (κ1) is 12.5. The maximum atomic E-state index is 10.5. The van der Waals surface area contributed by atoms with Gasteiger partial charge in [0.05, 0.1) is 19.1 Å². The van der Waals surface area contributed by atoms with Crippen molar-refractivity contribution in [2.45, 2.75) is 6.92 Å². The molecule has 0 fully saturated rings. The van der Waals surface area contributed by atoms with Crippen molar-refractivity contribution in [3.8, 4) is 0 Å². The van der Waals surface area contributed by atoms with Gasteiger partial charge < -0.3 is 9.84 Å². The van der Waals surface area contributed by atoms with Gasteiger partial charge in [0.15, 0.2) is 0 Å². The van der Waals surface area contributed by atoms with Crippen molar-refractivity contribution < 1.29 is 14.6 Å². The van der Waals surface area contributed by atoms with E-state index in [0.717, 1.165) is 5.56 Å². The number of carboxylic acid groups (broad SMARTS) is 1. The van der Waals surface area contributed by atoms with Crippen LogP contribution < -0.4 is 0 Å². The highest BCUT2D eigenvalue weighted by molar-refractivity contribution is 5.69. The van der Waals surface area contributed by atoms with E-state index in [1.54, 1.807) is 6.92 Å². The lowest BCUT2D eigenvalue weighted by atomic mass is 10.2. The summed E-state index contributed by atoms with van der Waals surface area (Å²) in [7, 11) is 0. The highest BCUT2D eigenvalue weighted by atomic mass is 16.5. The molecule has 0 aromatic heterocycles. The zero-order valence-corrected chi connectivity index (χ0v) is 9.30. The van der Waals surface area contributed by atoms with Gasteiger partial charge in [-0.15, -0.1) is 0 Å². The molecule has 1 rings (SSSR count). The first-order valence-corrected chi connectivity index (χ1v) is 5.22. The fourth-order valence-corrected chi connectivity index (χ4v) is 1.13. The molecule has 1 atom stereocenters. The van der Waals surface area contributed by atoms with E-state index < -0.39 is 11.9 Å². The summed E-state index contributed by atoms with van der Waals surface area (Å²) >= 11 is 0. The van der Waals surface area contributed by atoms with Crippen molar-refractivity contribution >= 4 is 12.0 Å². The highest BCUT2D eigenvalue weighted by Crippen LogP contribution is 2.01. The average Bonchev–Trinajstić information content (AvgIpc) is 2.29. The van der Waals surface area contributed by atoms with Crippen LogP contribution in [0.1, 0.15) is 12.5 Å². The standard InChI is InChI=1S/C13H16O3/c1-11(13(14)15)10-16-9-5-8-12-6-3-2-4-7-12/h2-8,11H,9-10H2,1H3,(H,14,15)/b8-5+. The van der Waals surface area contributed by atoms with Crippen LogP contribution in [0.5, 0.6) is 0 Å². The Morgan fingerprint density at radius 3 is 2.75 bits per heavy atom. The molecule has 1 N–H and O–H groups in total. The SMILES string of the molecule is CC(COC/C=C/c1ccccc1)C(=O)O. The molecular weight excluding hydrogens is 204 g/mol. The number of ether oxygens (including phenoxy) is 1. The topological polar surface area (TPSA) is 46.5 Å². The molecule has 86 valence electrons. The maximum Gasteiger partial charge on any atom is 0.308 e. The van der Waals surface area contributed by atoms with E-state index >= 15 is 0 Å². The van der Waals surface area contributed by atoms with E-state index in [1.165, 1.54) is 0 Å². The summed E-state index contributed by atoms with van der Waals surface area (Å²) < 4.78 is 5.21. The zero-order chi connectivity index (χ0) is 11.8. The number of aliphatic carboxylic acids is 1. The molecule has 0 spiro atoms. The maximum absolute atomic E-state index is 10.5. The Morgan fingerprint density at radius 1 is 1.44 bits per heavy atom. The van der Waals surface area contributed by atoms with Gasteiger partial charge in [-0.1, -0.05) is 42.5 Å². The zero-order valence-electron chi connectivity index (χ0n) is 9.30. The molecule has 1 aromatic rings. The number of benzene rings is 1. The van der Waals surface area contributed by atoms with Crippen molar-refractivity contribution in [3.05, 3.63) is 42.0 Å². The molecule has 0 saturated carbocycles. The van der Waals surface area contributed by atoms with Crippen LogP contribution in [0.25, 0.3) is 6.08 Å². The molecule has 3 heteroatoms. The van der Waals surface area contributed by atoms with E-state index in [4.69, 9.17) is 9.84 Å². The Balaban J connectivity index is 2.21. The lowest BCUT2D eigenvalue weighted by Gasteiger charge is -2.04. The molecule has 0 amide bonds. The van der Waals surface area contributed by atoms with Gasteiger partial charge in [-0.3, -0.25) is 4.79 Å². The minimum absolute atomic E-state index is 0.245. The van der Waals surface area contributed by atoms with Crippen LogP contribution in [0, 0.1) is 5.92 Å². The molecular formula is C13H16O3. The Hall–Kier alpha value is -1.61. The molecule has 0 aliphatic heterocycles. The van der Waals surface area contributed by atoms with Crippen LogP contribution in [0.3, 0.4) is 0 Å². The summed E-state index contributed by atoms with van der Waals surface area (Å²) in [6.45, 7) is 2.31. The lowest BCUT2D eigenvalue weighted by Crippen LogP contribution is -2.16. The molecule has 0 aliphatic rings. The van der Waals surface area contributed by atoms with Crippen LogP contribution >= 0.6 is 0 Å². The largest absolute Gasteiger partial charge is 0.481 e. The number of carbonyl (C=O) groups is 1. The Bertz CT molecular complexity index is 343. The van der Waals surface area contributed by atoms with Crippen molar-refractivity contribution in [1.29, 1.82) is 0 Å². The van der Waals surface area contributed by atoms with E-state index in [1.807, 2.05) is 42.5 Å². The third-order valence-corrected chi connectivity index (χ3v) is 2.11. The van der Waals surface area contributed by atoms with Gasteiger partial charge in [0.25, 0.3) is 0 Å². The van der Waals surface area contributed by atoms with Gasteiger partial charge in [0, 0.05) is 0 Å². The van der Waals surface area contributed by atoms with E-state index in [0.29, 0.717) is 6.61 Å². The predicted octanol–water partition coefficient (Wildman–Crippen LogP) is 2.44. The van der Waals surface area contributed by atoms with Crippen LogP contribution in [0.2, 0.25) is 0 Å². The number of hydrogen-bond acceptors (Lipinski definition) is 2. The summed E-state index contributed by atoms with van der Waals surface area (Å²) in [5.74, 6) is -1.28. The van der Waals surface area contributed by atoms with Crippen LogP contribution in [0.4, 0.5) is 0 Å². The third-order valence-electron chi connectivity index (χ3n) is 2.11. The molecule has 0 bridgehead atoms. The van der Waals surface area contributed by atoms with Crippen LogP contribution in [-0.2, 0) is 9.53 Å². The minimum atomic E-state index is -0.827. The molecule has 3 nitrogen and oxygen atoms in total. The molecule has 0 aliphatic carbocycles. The first-order chi connectivity index (χ1) is 7.70. The van der Waals surface area contributed by atoms with Gasteiger partial charge in [0.1, 0.15) is 0 Å². The van der Waals surface area contributed by atoms with Crippen molar-refractivity contribution in [2.24, 2.45) is 5.92 Å². The summed E-state index contributed by atoms with van der Waals surface area (Å²) in [4.78, 5) is 10.5. The summed E-state index contributed by atoms with van der Waals surface area (Å²) in [5.41, 5.74) is 1.11. The highest BCUT2D eigenvalue weighted by Gasteiger charge is 2.09. The summed E-state index contributed by atoms with van der Waals surface area (Å²) in [5, 5.41) is 8.62. The molecule has 16 heavy (non-hydrogen) atoms. The second-order valence-electron chi connectivity index (χ2n) is 3.59. The normalized spacial score (nSPS) is 12.8. The average molecular weight is 220 g/mol. The molecule has 1 unspecified atom stereocenters. The molecule has 1 aromatic carbocycles. The fourth-order valence-electron chi connectivity index (χ4n) is 1.13. The van der Waals surface area contributed by atoms with Crippen molar-refractivity contribution in [2.75, 3.05) is 13.2 Å². The van der Waals surface area contributed by atoms with Gasteiger partial charge in [-0.2, -0.15) is 0 Å².